The molecule has 0 saturated carbocycles. The van der Waals surface area contributed by atoms with Gasteiger partial charge in [0.2, 0.25) is 5.91 Å². The van der Waals surface area contributed by atoms with Gasteiger partial charge in [-0.25, -0.2) is 13.9 Å². The summed E-state index contributed by atoms with van der Waals surface area (Å²) in [5.74, 6) is -0.0875. The molecule has 0 spiro atoms. The maximum absolute atomic E-state index is 14.2. The van der Waals surface area contributed by atoms with Gasteiger partial charge in [0.1, 0.15) is 5.82 Å². The van der Waals surface area contributed by atoms with Crippen LogP contribution < -0.4 is 5.32 Å². The van der Waals surface area contributed by atoms with Gasteiger partial charge in [-0.1, -0.05) is 25.1 Å². The Hall–Kier alpha value is -2.80. The summed E-state index contributed by atoms with van der Waals surface area (Å²) in [6.07, 6.45) is 4.09. The summed E-state index contributed by atoms with van der Waals surface area (Å²) in [6.45, 7) is 8.30. The predicted molar refractivity (Wildman–Crippen MR) is 123 cm³/mol. The van der Waals surface area contributed by atoms with Gasteiger partial charge in [-0.15, -0.1) is 0 Å². The smallest absolute Gasteiger partial charge is 0.220 e. The van der Waals surface area contributed by atoms with Crippen LogP contribution in [0.3, 0.4) is 0 Å². The van der Waals surface area contributed by atoms with Crippen molar-refractivity contribution in [1.29, 1.82) is 0 Å². The molecule has 0 aliphatic carbocycles. The number of rotatable bonds is 8. The van der Waals surface area contributed by atoms with Crippen LogP contribution in [0.1, 0.15) is 66.9 Å². The second-order valence-electron chi connectivity index (χ2n) is 8.67. The quantitative estimate of drug-likeness (QED) is 0.571. The highest BCUT2D eigenvalue weighted by Gasteiger charge is 2.29. The van der Waals surface area contributed by atoms with Crippen LogP contribution in [0.4, 0.5) is 4.39 Å². The zero-order chi connectivity index (χ0) is 22.7. The number of hydrogen-bond donors (Lipinski definition) is 1. The second-order valence-corrected chi connectivity index (χ2v) is 8.67. The SMILES string of the molecule is CCCNC(=O)CCc1c(C)nc2cc([C@@H]3CCCN3Cc3ccccc3F)nn2c1C. The van der Waals surface area contributed by atoms with Crippen molar-refractivity contribution in [2.45, 2.75) is 65.5 Å². The molecular weight excluding hydrogens is 405 g/mol. The van der Waals surface area contributed by atoms with Gasteiger partial charge in [0, 0.05) is 42.5 Å². The minimum absolute atomic E-state index is 0.0710. The van der Waals surface area contributed by atoms with E-state index in [1.165, 1.54) is 6.07 Å². The molecule has 1 amide bonds. The molecule has 1 aliphatic heterocycles. The van der Waals surface area contributed by atoms with Crippen molar-refractivity contribution in [2.24, 2.45) is 0 Å². The van der Waals surface area contributed by atoms with E-state index in [0.717, 1.165) is 59.7 Å². The van der Waals surface area contributed by atoms with Crippen LogP contribution >= 0.6 is 0 Å². The summed E-state index contributed by atoms with van der Waals surface area (Å²) in [5.41, 5.74) is 5.57. The third-order valence-electron chi connectivity index (χ3n) is 6.39. The maximum atomic E-state index is 14.2. The van der Waals surface area contributed by atoms with Crippen molar-refractivity contribution in [1.82, 2.24) is 24.8 Å². The number of aromatic nitrogens is 3. The number of likely N-dealkylation sites (tertiary alicyclic amines) is 1. The van der Waals surface area contributed by atoms with E-state index in [1.807, 2.05) is 37.4 Å². The van der Waals surface area contributed by atoms with Gasteiger partial charge in [-0.3, -0.25) is 9.69 Å². The minimum Gasteiger partial charge on any atom is -0.356 e. The standard InChI is InChI=1S/C25H32FN5O/c1-4-13-27-25(32)12-11-20-17(2)28-24-15-22(29-31(24)18(20)3)23-10-7-14-30(23)16-19-8-5-6-9-21(19)26/h5-6,8-9,15,23H,4,7,10-14,16H2,1-3H3,(H,27,32)/t23-/m0/s1. The summed E-state index contributed by atoms with van der Waals surface area (Å²) in [7, 11) is 0. The number of nitrogens with one attached hydrogen (secondary N) is 1. The van der Waals surface area contributed by atoms with Crippen molar-refractivity contribution in [2.75, 3.05) is 13.1 Å². The molecule has 0 bridgehead atoms. The lowest BCUT2D eigenvalue weighted by molar-refractivity contribution is -0.121. The first-order valence-corrected chi connectivity index (χ1v) is 11.6. The van der Waals surface area contributed by atoms with E-state index in [4.69, 9.17) is 10.1 Å². The van der Waals surface area contributed by atoms with Gasteiger partial charge >= 0.3 is 0 Å². The molecule has 0 unspecified atom stereocenters. The van der Waals surface area contributed by atoms with E-state index >= 15 is 0 Å². The molecule has 32 heavy (non-hydrogen) atoms. The Morgan fingerprint density at radius 1 is 1.28 bits per heavy atom. The van der Waals surface area contributed by atoms with Crippen LogP contribution in [-0.4, -0.2) is 38.5 Å². The Balaban J connectivity index is 1.56. The minimum atomic E-state index is -0.158. The van der Waals surface area contributed by atoms with Gasteiger partial charge in [-0.05, 0) is 57.7 Å². The molecule has 4 rings (SSSR count). The largest absolute Gasteiger partial charge is 0.356 e. The molecule has 1 atom stereocenters. The Kier molecular flexibility index (Phi) is 6.84. The van der Waals surface area contributed by atoms with Gasteiger partial charge in [0.05, 0.1) is 11.7 Å². The number of halogens is 1. The molecule has 7 heteroatoms. The summed E-state index contributed by atoms with van der Waals surface area (Å²) in [4.78, 5) is 19.2. The first-order valence-electron chi connectivity index (χ1n) is 11.6. The van der Waals surface area contributed by atoms with Gasteiger partial charge in [0.25, 0.3) is 0 Å². The molecule has 1 aliphatic rings. The average molecular weight is 438 g/mol. The fraction of sp³-hybridized carbons (Fsp3) is 0.480. The van der Waals surface area contributed by atoms with Gasteiger partial charge in [0.15, 0.2) is 5.65 Å². The zero-order valence-electron chi connectivity index (χ0n) is 19.2. The van der Waals surface area contributed by atoms with Crippen LogP contribution in [0, 0.1) is 19.7 Å². The number of amides is 1. The van der Waals surface area contributed by atoms with Crippen molar-refractivity contribution in [3.05, 3.63) is 64.4 Å². The lowest BCUT2D eigenvalue weighted by Crippen LogP contribution is -2.24. The normalized spacial score (nSPS) is 16.7. The molecule has 1 aromatic carbocycles. The van der Waals surface area contributed by atoms with Gasteiger partial charge < -0.3 is 5.32 Å². The van der Waals surface area contributed by atoms with Crippen molar-refractivity contribution < 1.29 is 9.18 Å². The molecule has 0 radical (unpaired) electrons. The number of aryl methyl sites for hydroxylation is 2. The summed E-state index contributed by atoms with van der Waals surface area (Å²) in [5, 5.41) is 7.84. The summed E-state index contributed by atoms with van der Waals surface area (Å²) >= 11 is 0. The molecule has 3 aromatic rings. The molecule has 170 valence electrons. The maximum Gasteiger partial charge on any atom is 0.220 e. The van der Waals surface area contributed by atoms with Crippen molar-refractivity contribution in [3.63, 3.8) is 0 Å². The second kappa shape index (κ2) is 9.77. The lowest BCUT2D eigenvalue weighted by Gasteiger charge is -2.23. The topological polar surface area (TPSA) is 62.5 Å². The molecule has 1 fully saturated rings. The van der Waals surface area contributed by atoms with Crippen LogP contribution in [0.2, 0.25) is 0 Å². The van der Waals surface area contributed by atoms with Gasteiger partial charge in [-0.2, -0.15) is 5.10 Å². The number of carbonyl (C=O) groups excluding carboxylic acids is 1. The molecule has 6 nitrogen and oxygen atoms in total. The van der Waals surface area contributed by atoms with E-state index in [0.29, 0.717) is 25.9 Å². The van der Waals surface area contributed by atoms with Crippen LogP contribution in [0.15, 0.2) is 30.3 Å². The van der Waals surface area contributed by atoms with E-state index < -0.39 is 0 Å². The molecule has 3 heterocycles. The highest BCUT2D eigenvalue weighted by atomic mass is 19.1. The predicted octanol–water partition coefficient (Wildman–Crippen LogP) is 4.28. The molecular formula is C25H32FN5O. The highest BCUT2D eigenvalue weighted by Crippen LogP contribution is 2.33. The lowest BCUT2D eigenvalue weighted by atomic mass is 10.1. The van der Waals surface area contributed by atoms with Crippen LogP contribution in [0.25, 0.3) is 5.65 Å². The van der Waals surface area contributed by atoms with E-state index in [9.17, 15) is 9.18 Å². The highest BCUT2D eigenvalue weighted by molar-refractivity contribution is 5.76. The average Bonchev–Trinajstić information content (AvgIpc) is 3.40. The first-order chi connectivity index (χ1) is 15.5. The number of carbonyl (C=O) groups is 1. The number of benzene rings is 1. The van der Waals surface area contributed by atoms with Crippen LogP contribution in [-0.2, 0) is 17.8 Å². The van der Waals surface area contributed by atoms with E-state index in [1.54, 1.807) is 6.07 Å². The van der Waals surface area contributed by atoms with E-state index in [2.05, 4.69) is 16.3 Å². The summed E-state index contributed by atoms with van der Waals surface area (Å²) in [6, 6.07) is 9.19. The fourth-order valence-corrected chi connectivity index (χ4v) is 4.66. The molecule has 1 N–H and O–H groups in total. The molecule has 1 saturated heterocycles. The number of nitrogens with zero attached hydrogens (tertiary/aromatic N) is 4. The summed E-state index contributed by atoms with van der Waals surface area (Å²) < 4.78 is 16.1. The molecule has 2 aromatic heterocycles. The first kappa shape index (κ1) is 22.4. The monoisotopic (exact) mass is 437 g/mol. The van der Waals surface area contributed by atoms with Crippen molar-refractivity contribution in [3.8, 4) is 0 Å². The van der Waals surface area contributed by atoms with E-state index in [-0.39, 0.29) is 17.8 Å². The Morgan fingerprint density at radius 2 is 2.09 bits per heavy atom. The third-order valence-corrected chi connectivity index (χ3v) is 6.39. The fourth-order valence-electron chi connectivity index (χ4n) is 4.66. The Bertz CT molecular complexity index is 1110. The Labute approximate surface area is 188 Å². The number of hydrogen-bond acceptors (Lipinski definition) is 4. The Morgan fingerprint density at radius 3 is 2.88 bits per heavy atom. The third kappa shape index (κ3) is 4.67. The van der Waals surface area contributed by atoms with Crippen LogP contribution in [0.5, 0.6) is 0 Å². The van der Waals surface area contributed by atoms with Crippen molar-refractivity contribution >= 4 is 11.6 Å². The zero-order valence-corrected chi connectivity index (χ0v) is 19.2. The number of fused-ring (bicyclic) bond motifs is 1.